The van der Waals surface area contributed by atoms with E-state index in [2.05, 4.69) is 11.9 Å². The molecule has 0 aliphatic carbocycles. The molecule has 0 spiro atoms. The van der Waals surface area contributed by atoms with Gasteiger partial charge >= 0.3 is 0 Å². The fraction of sp³-hybridized carbons (Fsp3) is 0.200. The highest BCUT2D eigenvalue weighted by Crippen LogP contribution is 2.32. The summed E-state index contributed by atoms with van der Waals surface area (Å²) in [6, 6.07) is 3.75. The van der Waals surface area contributed by atoms with Gasteiger partial charge in [-0.2, -0.15) is 0 Å². The third-order valence-corrected chi connectivity index (χ3v) is 3.00. The Hall–Kier alpha value is -0.660. The van der Waals surface area contributed by atoms with Crippen LogP contribution in [0.15, 0.2) is 18.3 Å². The molecule has 0 fully saturated rings. The van der Waals surface area contributed by atoms with Crippen molar-refractivity contribution >= 4 is 34.1 Å². The molecule has 13 heavy (non-hydrogen) atoms. The van der Waals surface area contributed by atoms with Crippen molar-refractivity contribution in [3.05, 3.63) is 33.9 Å². The maximum atomic E-state index is 6.10. The summed E-state index contributed by atoms with van der Waals surface area (Å²) < 4.78 is 0. The molecule has 0 bridgehead atoms. The summed E-state index contributed by atoms with van der Waals surface area (Å²) in [6.45, 7) is 2.10. The van der Waals surface area contributed by atoms with Crippen molar-refractivity contribution < 1.29 is 0 Å². The van der Waals surface area contributed by atoms with Crippen molar-refractivity contribution in [2.24, 2.45) is 0 Å². The molecule has 0 atom stereocenters. The minimum Gasteiger partial charge on any atom is -0.361 e. The zero-order valence-corrected chi connectivity index (χ0v) is 8.71. The summed E-state index contributed by atoms with van der Waals surface area (Å²) in [5.41, 5.74) is 2.26. The molecule has 1 aromatic carbocycles. The third-order valence-electron chi connectivity index (χ3n) is 2.20. The summed E-state index contributed by atoms with van der Waals surface area (Å²) in [6.07, 6.45) is 2.94. The Morgan fingerprint density at radius 1 is 1.31 bits per heavy atom. The fourth-order valence-corrected chi connectivity index (χ4v) is 1.94. The van der Waals surface area contributed by atoms with Crippen LogP contribution in [0.3, 0.4) is 0 Å². The molecule has 2 rings (SSSR count). The van der Waals surface area contributed by atoms with E-state index in [9.17, 15) is 0 Å². The van der Waals surface area contributed by atoms with E-state index in [1.807, 2.05) is 18.3 Å². The highest BCUT2D eigenvalue weighted by atomic mass is 35.5. The first-order chi connectivity index (χ1) is 6.24. The lowest BCUT2D eigenvalue weighted by atomic mass is 10.1. The van der Waals surface area contributed by atoms with E-state index in [-0.39, 0.29) is 0 Å². The molecule has 2 aromatic rings. The normalized spacial score (nSPS) is 11.0. The zero-order chi connectivity index (χ0) is 9.42. The smallest absolute Gasteiger partial charge is 0.0688 e. The van der Waals surface area contributed by atoms with E-state index < -0.39 is 0 Å². The number of hydrogen-bond donors (Lipinski definition) is 1. The first-order valence-corrected chi connectivity index (χ1v) is 4.93. The maximum absolute atomic E-state index is 6.10. The molecule has 68 valence electrons. The van der Waals surface area contributed by atoms with Gasteiger partial charge in [-0.3, -0.25) is 0 Å². The van der Waals surface area contributed by atoms with Gasteiger partial charge in [0.1, 0.15) is 0 Å². The predicted molar refractivity (Wildman–Crippen MR) is 57.7 cm³/mol. The number of rotatable bonds is 1. The second-order valence-corrected chi connectivity index (χ2v) is 3.74. The Kier molecular flexibility index (Phi) is 2.22. The van der Waals surface area contributed by atoms with Crippen LogP contribution in [0, 0.1) is 0 Å². The van der Waals surface area contributed by atoms with Crippen molar-refractivity contribution in [1.82, 2.24) is 4.98 Å². The van der Waals surface area contributed by atoms with Gasteiger partial charge in [0, 0.05) is 17.1 Å². The van der Waals surface area contributed by atoms with Gasteiger partial charge in [0.25, 0.3) is 0 Å². The van der Waals surface area contributed by atoms with Gasteiger partial charge in [-0.25, -0.2) is 0 Å². The lowest BCUT2D eigenvalue weighted by molar-refractivity contribution is 1.15. The Balaban J connectivity index is 2.85. The number of aromatic amines is 1. The largest absolute Gasteiger partial charge is 0.361 e. The van der Waals surface area contributed by atoms with Gasteiger partial charge in [0.2, 0.25) is 0 Å². The van der Waals surface area contributed by atoms with E-state index in [1.165, 1.54) is 5.56 Å². The third kappa shape index (κ3) is 1.32. The van der Waals surface area contributed by atoms with E-state index in [1.54, 1.807) is 0 Å². The molecular weight excluding hydrogens is 205 g/mol. The van der Waals surface area contributed by atoms with Crippen molar-refractivity contribution in [2.75, 3.05) is 0 Å². The van der Waals surface area contributed by atoms with E-state index in [0.717, 1.165) is 17.3 Å². The molecule has 1 aromatic heterocycles. The van der Waals surface area contributed by atoms with Crippen LogP contribution in [0.4, 0.5) is 0 Å². The van der Waals surface area contributed by atoms with Crippen LogP contribution >= 0.6 is 23.2 Å². The predicted octanol–water partition coefficient (Wildman–Crippen LogP) is 4.04. The summed E-state index contributed by atoms with van der Waals surface area (Å²) in [5.74, 6) is 0. The van der Waals surface area contributed by atoms with Crippen LogP contribution in [0.1, 0.15) is 12.5 Å². The highest BCUT2D eigenvalue weighted by molar-refractivity contribution is 6.45. The monoisotopic (exact) mass is 213 g/mol. The number of hydrogen-bond acceptors (Lipinski definition) is 0. The van der Waals surface area contributed by atoms with Crippen molar-refractivity contribution in [3.8, 4) is 0 Å². The Bertz CT molecular complexity index is 445. The number of fused-ring (bicyclic) bond motifs is 1. The number of aryl methyl sites for hydroxylation is 1. The number of halogens is 2. The van der Waals surface area contributed by atoms with Crippen LogP contribution in [-0.2, 0) is 6.42 Å². The lowest BCUT2D eigenvalue weighted by Crippen LogP contribution is -1.77. The van der Waals surface area contributed by atoms with Gasteiger partial charge in [0.15, 0.2) is 0 Å². The molecule has 0 radical (unpaired) electrons. The molecule has 1 heterocycles. The van der Waals surface area contributed by atoms with Gasteiger partial charge in [-0.05, 0) is 24.1 Å². The number of H-pyrrole nitrogens is 1. The van der Waals surface area contributed by atoms with Crippen LogP contribution in [0.25, 0.3) is 10.9 Å². The molecule has 0 amide bonds. The van der Waals surface area contributed by atoms with Crippen LogP contribution in [-0.4, -0.2) is 4.98 Å². The molecular formula is C10H9Cl2N. The van der Waals surface area contributed by atoms with Gasteiger partial charge in [0.05, 0.1) is 10.0 Å². The highest BCUT2D eigenvalue weighted by Gasteiger charge is 2.08. The second-order valence-electron chi connectivity index (χ2n) is 2.95. The van der Waals surface area contributed by atoms with Gasteiger partial charge < -0.3 is 4.98 Å². The molecule has 0 aliphatic rings. The molecule has 1 nitrogen and oxygen atoms in total. The number of aromatic nitrogens is 1. The summed E-state index contributed by atoms with van der Waals surface area (Å²) in [5, 5.41) is 2.32. The fourth-order valence-electron chi connectivity index (χ4n) is 1.50. The van der Waals surface area contributed by atoms with Crippen LogP contribution < -0.4 is 0 Å². The zero-order valence-electron chi connectivity index (χ0n) is 7.20. The first kappa shape index (κ1) is 8.92. The Labute approximate surface area is 86.7 Å². The lowest BCUT2D eigenvalue weighted by Gasteiger charge is -1.99. The molecule has 0 unspecified atom stereocenters. The first-order valence-electron chi connectivity index (χ1n) is 4.18. The molecule has 1 N–H and O–H groups in total. The van der Waals surface area contributed by atoms with E-state index in [4.69, 9.17) is 23.2 Å². The quantitative estimate of drug-likeness (QED) is 0.737. The molecule has 0 saturated carbocycles. The average molecular weight is 214 g/mol. The van der Waals surface area contributed by atoms with Gasteiger partial charge in [-0.15, -0.1) is 0 Å². The average Bonchev–Trinajstić information content (AvgIpc) is 2.55. The standard InChI is InChI=1S/C10H9Cl2N/c1-2-6-5-13-8-4-3-7(11)10(12)9(6)8/h3-5,13H,2H2,1H3. The number of benzene rings is 1. The minimum absolute atomic E-state index is 0.614. The van der Waals surface area contributed by atoms with E-state index in [0.29, 0.717) is 10.0 Å². The molecule has 0 saturated heterocycles. The number of nitrogens with one attached hydrogen (secondary N) is 1. The Morgan fingerprint density at radius 3 is 2.77 bits per heavy atom. The second kappa shape index (κ2) is 3.24. The van der Waals surface area contributed by atoms with Crippen molar-refractivity contribution in [1.29, 1.82) is 0 Å². The SMILES string of the molecule is CCc1c[nH]c2ccc(Cl)c(Cl)c12. The summed E-state index contributed by atoms with van der Waals surface area (Å²) >= 11 is 12.0. The van der Waals surface area contributed by atoms with Crippen molar-refractivity contribution in [3.63, 3.8) is 0 Å². The van der Waals surface area contributed by atoms with Crippen molar-refractivity contribution in [2.45, 2.75) is 13.3 Å². The van der Waals surface area contributed by atoms with Crippen LogP contribution in [0.2, 0.25) is 10.0 Å². The van der Waals surface area contributed by atoms with E-state index >= 15 is 0 Å². The maximum Gasteiger partial charge on any atom is 0.0688 e. The van der Waals surface area contributed by atoms with Crippen LogP contribution in [0.5, 0.6) is 0 Å². The molecule has 0 aliphatic heterocycles. The summed E-state index contributed by atoms with van der Waals surface area (Å²) in [7, 11) is 0. The topological polar surface area (TPSA) is 15.8 Å². The minimum atomic E-state index is 0.614. The summed E-state index contributed by atoms with van der Waals surface area (Å²) in [4.78, 5) is 3.16. The Morgan fingerprint density at radius 2 is 2.08 bits per heavy atom. The van der Waals surface area contributed by atoms with Gasteiger partial charge in [-0.1, -0.05) is 30.1 Å². The molecule has 3 heteroatoms.